The molecule has 14 rings (SSSR count). The average Bonchev–Trinajstić information content (AvgIpc) is 4.10. The van der Waals surface area contributed by atoms with E-state index >= 15 is 0 Å². The molecule has 0 spiro atoms. The maximum atomic E-state index is 2.60. The van der Waals surface area contributed by atoms with Crippen LogP contribution in [0.1, 0.15) is 72.6 Å². The topological polar surface area (TPSA) is 9.86 Å². The summed E-state index contributed by atoms with van der Waals surface area (Å²) in [4.78, 5) is 0. The molecule has 2 aromatic heterocycles. The molecule has 2 aliphatic rings. The van der Waals surface area contributed by atoms with E-state index in [9.17, 15) is 0 Å². The summed E-state index contributed by atoms with van der Waals surface area (Å²) in [7, 11) is 0. The van der Waals surface area contributed by atoms with Crippen molar-refractivity contribution in [3.8, 4) is 33.6 Å². The third-order valence-electron chi connectivity index (χ3n) is 16.5. The van der Waals surface area contributed by atoms with Crippen LogP contribution in [0.2, 0.25) is 0 Å². The fourth-order valence-corrected chi connectivity index (χ4v) is 14.0. The molecule has 12 aromatic rings. The van der Waals surface area contributed by atoms with Gasteiger partial charge in [0, 0.05) is 38.3 Å². The van der Waals surface area contributed by atoms with Gasteiger partial charge in [-0.15, -0.1) is 0 Å². The van der Waals surface area contributed by atoms with Crippen LogP contribution < -0.4 is 0 Å². The standard InChI is InChI=1S/C70H56N2/c1-46(2)44-69(61-33-19-16-30-53(61)57-42-67-59(40-63(57)69)55-32-18-21-35-65(55)71(67)51-26-12-6-13-27-51)45-47(3)38-48-36-37-56-60-41-64-58(43-68(60)72(66(56)39-48)52-28-14-7-15-29-52)54-31-17-20-34-62(54)70(64,49-22-8-4-9-23-49)50-24-10-5-11-25-50/h4-37,39-43,46-47H,38,44-45H2,1-3H3. The number of rotatable bonds is 10. The van der Waals surface area contributed by atoms with Crippen LogP contribution in [-0.4, -0.2) is 9.13 Å². The van der Waals surface area contributed by atoms with Gasteiger partial charge in [0.25, 0.3) is 0 Å². The maximum absolute atomic E-state index is 2.60. The Morgan fingerprint density at radius 1 is 0.347 bits per heavy atom. The normalized spacial score (nSPS) is 15.8. The Bertz CT molecular complexity index is 4010. The number of hydrogen-bond donors (Lipinski definition) is 0. The first-order chi connectivity index (χ1) is 35.4. The van der Waals surface area contributed by atoms with Crippen molar-refractivity contribution in [2.45, 2.75) is 50.9 Å². The van der Waals surface area contributed by atoms with Crippen LogP contribution in [0.5, 0.6) is 0 Å². The lowest BCUT2D eigenvalue weighted by Crippen LogP contribution is -2.30. The second-order valence-electron chi connectivity index (χ2n) is 21.3. The van der Waals surface area contributed by atoms with E-state index in [0.717, 1.165) is 19.3 Å². The minimum absolute atomic E-state index is 0.131. The van der Waals surface area contributed by atoms with Crippen LogP contribution >= 0.6 is 0 Å². The van der Waals surface area contributed by atoms with E-state index in [4.69, 9.17) is 0 Å². The van der Waals surface area contributed by atoms with Crippen molar-refractivity contribution in [1.82, 2.24) is 9.13 Å². The summed E-state index contributed by atoms with van der Waals surface area (Å²) in [5.41, 5.74) is 21.8. The number of aromatic nitrogens is 2. The highest BCUT2D eigenvalue weighted by molar-refractivity contribution is 6.13. The summed E-state index contributed by atoms with van der Waals surface area (Å²) in [6, 6.07) is 89.3. The largest absolute Gasteiger partial charge is 0.309 e. The zero-order chi connectivity index (χ0) is 48.1. The van der Waals surface area contributed by atoms with Gasteiger partial charge in [-0.1, -0.05) is 197 Å². The zero-order valence-electron chi connectivity index (χ0n) is 41.2. The maximum Gasteiger partial charge on any atom is 0.0713 e. The van der Waals surface area contributed by atoms with Crippen LogP contribution in [0, 0.1) is 11.8 Å². The first-order valence-electron chi connectivity index (χ1n) is 26.0. The lowest BCUT2D eigenvalue weighted by Gasteiger charge is -2.36. The summed E-state index contributed by atoms with van der Waals surface area (Å²) in [5, 5.41) is 5.21. The highest BCUT2D eigenvalue weighted by atomic mass is 15.0. The summed E-state index contributed by atoms with van der Waals surface area (Å²) >= 11 is 0. The number of benzene rings is 10. The van der Waals surface area contributed by atoms with Crippen LogP contribution in [0.15, 0.2) is 237 Å². The van der Waals surface area contributed by atoms with E-state index in [-0.39, 0.29) is 5.41 Å². The van der Waals surface area contributed by atoms with Gasteiger partial charge in [0.1, 0.15) is 0 Å². The average molecular weight is 925 g/mol. The first-order valence-corrected chi connectivity index (χ1v) is 26.0. The molecule has 2 unspecified atom stereocenters. The van der Waals surface area contributed by atoms with E-state index in [0.29, 0.717) is 11.8 Å². The summed E-state index contributed by atoms with van der Waals surface area (Å²) in [6.45, 7) is 7.34. The third-order valence-corrected chi connectivity index (χ3v) is 16.5. The molecule has 2 nitrogen and oxygen atoms in total. The fourth-order valence-electron chi connectivity index (χ4n) is 14.0. The van der Waals surface area contributed by atoms with Crippen molar-refractivity contribution >= 4 is 43.6 Å². The second-order valence-corrected chi connectivity index (χ2v) is 21.3. The molecule has 0 saturated heterocycles. The molecule has 2 heterocycles. The molecule has 0 aliphatic heterocycles. The molecule has 0 radical (unpaired) electrons. The fraction of sp³-hybridized carbons (Fsp3) is 0.143. The Kier molecular flexibility index (Phi) is 9.74. The molecule has 2 heteroatoms. The molecule has 0 saturated carbocycles. The van der Waals surface area contributed by atoms with Gasteiger partial charge >= 0.3 is 0 Å². The van der Waals surface area contributed by atoms with Gasteiger partial charge in [-0.3, -0.25) is 0 Å². The number of fused-ring (bicyclic) bond motifs is 12. The van der Waals surface area contributed by atoms with Crippen LogP contribution in [0.25, 0.3) is 77.2 Å². The van der Waals surface area contributed by atoms with Gasteiger partial charge in [-0.2, -0.15) is 0 Å². The van der Waals surface area contributed by atoms with Crippen molar-refractivity contribution in [2.24, 2.45) is 11.8 Å². The number of nitrogens with zero attached hydrogens (tertiary/aromatic N) is 2. The lowest BCUT2D eigenvalue weighted by molar-refractivity contribution is 0.325. The minimum Gasteiger partial charge on any atom is -0.309 e. The SMILES string of the molecule is CC(C)CC1(CC(C)Cc2ccc3c4cc5c(cc4n(-c4ccccc4)c3c2)-c2ccccc2C5(c2ccccc2)c2ccccc2)c2ccccc2-c2cc3c(cc21)c1ccccc1n3-c1ccccc1. The van der Waals surface area contributed by atoms with E-state index in [1.54, 1.807) is 0 Å². The molecule has 2 aliphatic carbocycles. The second kappa shape index (κ2) is 16.4. The molecule has 0 fully saturated rings. The highest BCUT2D eigenvalue weighted by Gasteiger charge is 2.47. The van der Waals surface area contributed by atoms with Gasteiger partial charge in [0.05, 0.1) is 27.5 Å². The van der Waals surface area contributed by atoms with Gasteiger partial charge in [0.2, 0.25) is 0 Å². The van der Waals surface area contributed by atoms with Crippen molar-refractivity contribution < 1.29 is 0 Å². The molecule has 2 atom stereocenters. The Labute approximate surface area is 422 Å². The highest BCUT2D eigenvalue weighted by Crippen LogP contribution is 2.59. The molecule has 10 aromatic carbocycles. The molecule has 0 bridgehead atoms. The number of para-hydroxylation sites is 3. The van der Waals surface area contributed by atoms with E-state index in [1.165, 1.54) is 116 Å². The summed E-state index contributed by atoms with van der Waals surface area (Å²) < 4.78 is 5.01. The van der Waals surface area contributed by atoms with Crippen LogP contribution in [0.3, 0.4) is 0 Å². The van der Waals surface area contributed by atoms with Gasteiger partial charge in [-0.05, 0) is 153 Å². The molecular weight excluding hydrogens is 869 g/mol. The van der Waals surface area contributed by atoms with Crippen molar-refractivity contribution in [3.63, 3.8) is 0 Å². The molecule has 0 N–H and O–H groups in total. The van der Waals surface area contributed by atoms with E-state index < -0.39 is 5.41 Å². The van der Waals surface area contributed by atoms with Crippen LogP contribution in [0.4, 0.5) is 0 Å². The summed E-state index contributed by atoms with van der Waals surface area (Å²) in [6.07, 6.45) is 3.13. The van der Waals surface area contributed by atoms with E-state index in [1.807, 2.05) is 0 Å². The smallest absolute Gasteiger partial charge is 0.0713 e. The molecule has 346 valence electrons. The van der Waals surface area contributed by atoms with Gasteiger partial charge < -0.3 is 9.13 Å². The van der Waals surface area contributed by atoms with Crippen molar-refractivity contribution in [3.05, 3.63) is 276 Å². The van der Waals surface area contributed by atoms with Crippen LogP contribution in [-0.2, 0) is 17.3 Å². The lowest BCUT2D eigenvalue weighted by atomic mass is 9.67. The molecule has 0 amide bonds. The summed E-state index contributed by atoms with van der Waals surface area (Å²) in [5.74, 6) is 0.903. The predicted molar refractivity (Wildman–Crippen MR) is 302 cm³/mol. The van der Waals surface area contributed by atoms with E-state index in [2.05, 4.69) is 266 Å². The molecular formula is C70H56N2. The molecule has 72 heavy (non-hydrogen) atoms. The zero-order valence-corrected chi connectivity index (χ0v) is 41.2. The Morgan fingerprint density at radius 3 is 1.44 bits per heavy atom. The first kappa shape index (κ1) is 42.7. The minimum atomic E-state index is -0.465. The Morgan fingerprint density at radius 2 is 0.819 bits per heavy atom. The monoisotopic (exact) mass is 924 g/mol. The number of hydrogen-bond acceptors (Lipinski definition) is 0. The van der Waals surface area contributed by atoms with Gasteiger partial charge in [-0.25, -0.2) is 0 Å². The Balaban J connectivity index is 0.920. The van der Waals surface area contributed by atoms with Crippen molar-refractivity contribution in [1.29, 1.82) is 0 Å². The van der Waals surface area contributed by atoms with Gasteiger partial charge in [0.15, 0.2) is 0 Å². The Hall–Kier alpha value is -8.20. The third kappa shape index (κ3) is 6.21. The van der Waals surface area contributed by atoms with Crippen molar-refractivity contribution in [2.75, 3.05) is 0 Å². The quantitative estimate of drug-likeness (QED) is 0.129. The predicted octanol–water partition coefficient (Wildman–Crippen LogP) is 17.8.